The van der Waals surface area contributed by atoms with Crippen LogP contribution in [-0.4, -0.2) is 39.1 Å². The molecule has 1 aromatic carbocycles. The highest BCUT2D eigenvalue weighted by atomic mass is 16.5. The van der Waals surface area contributed by atoms with E-state index in [2.05, 4.69) is 0 Å². The quantitative estimate of drug-likeness (QED) is 0.699. The molecule has 0 saturated heterocycles. The van der Waals surface area contributed by atoms with E-state index in [1.165, 1.54) is 0 Å². The van der Waals surface area contributed by atoms with E-state index in [4.69, 9.17) is 14.2 Å². The molecule has 1 N–H and O–H groups in total. The number of hydrogen-bond acceptors (Lipinski definition) is 4. The van der Waals surface area contributed by atoms with Crippen molar-refractivity contribution in [3.63, 3.8) is 0 Å². The van der Waals surface area contributed by atoms with Gasteiger partial charge in [0.05, 0.1) is 20.3 Å². The van der Waals surface area contributed by atoms with Crippen molar-refractivity contribution < 1.29 is 19.3 Å². The molecule has 1 rings (SSSR count). The van der Waals surface area contributed by atoms with Crippen LogP contribution < -0.4 is 9.47 Å². The molecule has 0 aliphatic heterocycles. The highest BCUT2D eigenvalue weighted by molar-refractivity contribution is 5.42. The van der Waals surface area contributed by atoms with Crippen molar-refractivity contribution in [2.75, 3.05) is 27.9 Å². The highest BCUT2D eigenvalue weighted by Gasteiger charge is 2.07. The zero-order valence-corrected chi connectivity index (χ0v) is 12.0. The van der Waals surface area contributed by atoms with E-state index in [-0.39, 0.29) is 6.10 Å². The number of benzene rings is 1. The van der Waals surface area contributed by atoms with E-state index in [1.807, 2.05) is 18.2 Å². The largest absolute Gasteiger partial charge is 0.493 e. The van der Waals surface area contributed by atoms with Gasteiger partial charge in [0, 0.05) is 13.7 Å². The second-order valence-electron chi connectivity index (χ2n) is 4.52. The Balaban J connectivity index is 2.44. The van der Waals surface area contributed by atoms with Gasteiger partial charge in [-0.2, -0.15) is 0 Å². The van der Waals surface area contributed by atoms with Gasteiger partial charge in [-0.15, -0.1) is 0 Å². The maximum atomic E-state index is 9.85. The summed E-state index contributed by atoms with van der Waals surface area (Å²) in [5.74, 6) is 1.46. The zero-order chi connectivity index (χ0) is 14.1. The molecular formula is C15H24O4. The molecule has 0 aromatic heterocycles. The Hall–Kier alpha value is -1.26. The highest BCUT2D eigenvalue weighted by Crippen LogP contribution is 2.28. The maximum Gasteiger partial charge on any atom is 0.160 e. The third-order valence-electron chi connectivity index (χ3n) is 3.10. The summed E-state index contributed by atoms with van der Waals surface area (Å²) in [6.45, 7) is 0.702. The molecule has 0 spiro atoms. The molecule has 0 fully saturated rings. The zero-order valence-electron chi connectivity index (χ0n) is 12.0. The molecule has 1 unspecified atom stereocenters. The van der Waals surface area contributed by atoms with Crippen LogP contribution in [0.15, 0.2) is 18.2 Å². The van der Waals surface area contributed by atoms with Crippen molar-refractivity contribution in [3.8, 4) is 11.5 Å². The van der Waals surface area contributed by atoms with Gasteiger partial charge in [-0.1, -0.05) is 6.07 Å². The Bertz CT molecular complexity index is 365. The van der Waals surface area contributed by atoms with Crippen molar-refractivity contribution in [2.45, 2.75) is 31.8 Å². The molecule has 0 aliphatic carbocycles. The van der Waals surface area contributed by atoms with Crippen LogP contribution in [0.3, 0.4) is 0 Å². The fraction of sp³-hybridized carbons (Fsp3) is 0.600. The number of aryl methyl sites for hydroxylation is 1. The molecule has 0 bridgehead atoms. The SMILES string of the molecule is COCCCC(O)CCc1ccc(OC)c(OC)c1. The fourth-order valence-corrected chi connectivity index (χ4v) is 1.98. The average Bonchev–Trinajstić information content (AvgIpc) is 2.45. The second kappa shape index (κ2) is 8.77. The van der Waals surface area contributed by atoms with E-state index in [0.717, 1.165) is 42.7 Å². The minimum atomic E-state index is -0.275. The van der Waals surface area contributed by atoms with Crippen molar-refractivity contribution in [2.24, 2.45) is 0 Å². The van der Waals surface area contributed by atoms with Crippen molar-refractivity contribution in [3.05, 3.63) is 23.8 Å². The van der Waals surface area contributed by atoms with Crippen LogP contribution in [0.25, 0.3) is 0 Å². The summed E-state index contributed by atoms with van der Waals surface area (Å²) in [6.07, 6.45) is 2.97. The third kappa shape index (κ3) is 5.49. The second-order valence-corrected chi connectivity index (χ2v) is 4.52. The maximum absolute atomic E-state index is 9.85. The predicted molar refractivity (Wildman–Crippen MR) is 75.0 cm³/mol. The normalized spacial score (nSPS) is 12.2. The molecule has 0 radical (unpaired) electrons. The van der Waals surface area contributed by atoms with Gasteiger partial charge in [0.15, 0.2) is 11.5 Å². The Morgan fingerprint density at radius 2 is 1.79 bits per heavy atom. The monoisotopic (exact) mass is 268 g/mol. The molecule has 0 amide bonds. The van der Waals surface area contributed by atoms with Crippen molar-refractivity contribution >= 4 is 0 Å². The van der Waals surface area contributed by atoms with Gasteiger partial charge in [-0.3, -0.25) is 0 Å². The van der Waals surface area contributed by atoms with E-state index >= 15 is 0 Å². The van der Waals surface area contributed by atoms with Gasteiger partial charge < -0.3 is 19.3 Å². The van der Waals surface area contributed by atoms with Crippen LogP contribution in [0.2, 0.25) is 0 Å². The average molecular weight is 268 g/mol. The van der Waals surface area contributed by atoms with Gasteiger partial charge in [-0.05, 0) is 43.4 Å². The third-order valence-corrected chi connectivity index (χ3v) is 3.10. The van der Waals surface area contributed by atoms with Crippen molar-refractivity contribution in [1.82, 2.24) is 0 Å². The molecular weight excluding hydrogens is 244 g/mol. The summed E-state index contributed by atoms with van der Waals surface area (Å²) in [5.41, 5.74) is 1.14. The predicted octanol–water partition coefficient (Wildman–Crippen LogP) is 2.42. The summed E-state index contributed by atoms with van der Waals surface area (Å²) in [7, 11) is 4.92. The molecule has 1 atom stereocenters. The number of ether oxygens (including phenoxy) is 3. The number of hydrogen-bond donors (Lipinski definition) is 1. The molecule has 0 aliphatic rings. The molecule has 4 nitrogen and oxygen atoms in total. The first kappa shape index (κ1) is 15.8. The van der Waals surface area contributed by atoms with Crippen molar-refractivity contribution in [1.29, 1.82) is 0 Å². The molecule has 0 saturated carbocycles. The number of aliphatic hydroxyl groups is 1. The Labute approximate surface area is 115 Å². The van der Waals surface area contributed by atoms with Gasteiger partial charge in [-0.25, -0.2) is 0 Å². The fourth-order valence-electron chi connectivity index (χ4n) is 1.98. The summed E-state index contributed by atoms with van der Waals surface area (Å²) in [4.78, 5) is 0. The standard InChI is InChI=1S/C15H24O4/c1-17-10-4-5-13(16)8-6-12-7-9-14(18-2)15(11-12)19-3/h7,9,11,13,16H,4-6,8,10H2,1-3H3. The lowest BCUT2D eigenvalue weighted by atomic mass is 10.0. The van der Waals surface area contributed by atoms with Crippen LogP contribution in [0, 0.1) is 0 Å². The van der Waals surface area contributed by atoms with Crippen LogP contribution in [-0.2, 0) is 11.2 Å². The van der Waals surface area contributed by atoms with Gasteiger partial charge in [0.2, 0.25) is 0 Å². The topological polar surface area (TPSA) is 47.9 Å². The summed E-state index contributed by atoms with van der Waals surface area (Å²) in [6, 6.07) is 5.86. The minimum Gasteiger partial charge on any atom is -0.493 e. The first-order valence-corrected chi connectivity index (χ1v) is 6.59. The van der Waals surface area contributed by atoms with Crippen LogP contribution >= 0.6 is 0 Å². The number of aliphatic hydroxyl groups excluding tert-OH is 1. The first-order chi connectivity index (χ1) is 9.21. The van der Waals surface area contributed by atoms with Crippen LogP contribution in [0.1, 0.15) is 24.8 Å². The number of methoxy groups -OCH3 is 3. The summed E-state index contributed by atoms with van der Waals surface area (Å²) < 4.78 is 15.4. The van der Waals surface area contributed by atoms with Gasteiger partial charge in [0.25, 0.3) is 0 Å². The lowest BCUT2D eigenvalue weighted by Gasteiger charge is -2.12. The van der Waals surface area contributed by atoms with Gasteiger partial charge in [0.1, 0.15) is 0 Å². The summed E-state index contributed by atoms with van der Waals surface area (Å²) >= 11 is 0. The summed E-state index contributed by atoms with van der Waals surface area (Å²) in [5, 5.41) is 9.85. The molecule has 0 heterocycles. The van der Waals surface area contributed by atoms with E-state index < -0.39 is 0 Å². The van der Waals surface area contributed by atoms with E-state index in [1.54, 1.807) is 21.3 Å². The van der Waals surface area contributed by atoms with E-state index in [9.17, 15) is 5.11 Å². The number of rotatable bonds is 9. The smallest absolute Gasteiger partial charge is 0.160 e. The minimum absolute atomic E-state index is 0.275. The lowest BCUT2D eigenvalue weighted by Crippen LogP contribution is -2.09. The Kier molecular flexibility index (Phi) is 7.30. The van der Waals surface area contributed by atoms with E-state index in [0.29, 0.717) is 6.61 Å². The lowest BCUT2D eigenvalue weighted by molar-refractivity contribution is 0.128. The van der Waals surface area contributed by atoms with Crippen LogP contribution in [0.5, 0.6) is 11.5 Å². The molecule has 1 aromatic rings. The first-order valence-electron chi connectivity index (χ1n) is 6.59. The molecule has 108 valence electrons. The van der Waals surface area contributed by atoms with Crippen LogP contribution in [0.4, 0.5) is 0 Å². The van der Waals surface area contributed by atoms with Gasteiger partial charge >= 0.3 is 0 Å². The Morgan fingerprint density at radius 1 is 1.05 bits per heavy atom. The Morgan fingerprint density at radius 3 is 2.42 bits per heavy atom. The molecule has 4 heteroatoms. The molecule has 19 heavy (non-hydrogen) atoms.